The van der Waals surface area contributed by atoms with E-state index < -0.39 is 35.7 Å². The van der Waals surface area contributed by atoms with Gasteiger partial charge in [0, 0.05) is 10.6 Å². The molecule has 0 atom stereocenters. The number of fused-ring (bicyclic) bond motifs is 1. The van der Waals surface area contributed by atoms with Gasteiger partial charge in [-0.25, -0.2) is 14.1 Å². The molecular weight excluding hydrogens is 512 g/mol. The molecule has 12 heteroatoms. The highest BCUT2D eigenvalue weighted by Crippen LogP contribution is 2.39. The normalized spacial score (nSPS) is 11.7. The number of rotatable bonds is 6. The van der Waals surface area contributed by atoms with Crippen molar-refractivity contribution in [1.29, 1.82) is 0 Å². The molecule has 5 rings (SSSR count). The zero-order valence-corrected chi connectivity index (χ0v) is 19.6. The van der Waals surface area contributed by atoms with E-state index in [1.165, 1.54) is 35.4 Å². The average molecular weight is 529 g/mol. The van der Waals surface area contributed by atoms with Gasteiger partial charge in [0.25, 0.3) is 0 Å². The number of para-hydroxylation sites is 1. The average Bonchev–Trinajstić information content (AvgIpc) is 3.52. The van der Waals surface area contributed by atoms with Gasteiger partial charge in [0.15, 0.2) is 0 Å². The number of amides is 1. The topological polar surface area (TPSA) is 79.7 Å². The molecule has 188 valence electrons. The summed E-state index contributed by atoms with van der Waals surface area (Å²) in [7, 11) is 0. The van der Waals surface area contributed by atoms with E-state index in [9.17, 15) is 22.4 Å². The summed E-state index contributed by atoms with van der Waals surface area (Å²) < 4.78 is 58.2. The van der Waals surface area contributed by atoms with Crippen LogP contribution in [0.25, 0.3) is 22.3 Å². The summed E-state index contributed by atoms with van der Waals surface area (Å²) in [6.45, 7) is -0.765. The number of aromatic amines is 1. The third kappa shape index (κ3) is 5.17. The highest BCUT2D eigenvalue weighted by atomic mass is 35.5. The molecule has 0 fully saturated rings. The quantitative estimate of drug-likeness (QED) is 0.280. The summed E-state index contributed by atoms with van der Waals surface area (Å²) >= 11 is 5.97. The Kier molecular flexibility index (Phi) is 6.38. The lowest BCUT2D eigenvalue weighted by molar-refractivity contribution is -0.137. The van der Waals surface area contributed by atoms with Crippen LogP contribution >= 0.6 is 11.6 Å². The van der Waals surface area contributed by atoms with Gasteiger partial charge < -0.3 is 9.88 Å². The number of hydrogen-bond acceptors (Lipinski definition) is 4. The maximum Gasteiger partial charge on any atom is 0.418 e. The summed E-state index contributed by atoms with van der Waals surface area (Å²) in [5.74, 6) is -1.39. The molecule has 7 nitrogen and oxygen atoms in total. The van der Waals surface area contributed by atoms with Crippen LogP contribution in [0.5, 0.6) is 0 Å². The van der Waals surface area contributed by atoms with Crippen LogP contribution in [-0.2, 0) is 24.1 Å². The molecule has 0 aliphatic rings. The lowest BCUT2D eigenvalue weighted by Crippen LogP contribution is -2.35. The SMILES string of the molecule is O=C(Cn1nnc2ccccc21)N(Cc1cc(F)cc(Cl)c1)c1ccc(-c2cnc[nH]2)cc1C(F)(F)F. The second-order valence-electron chi connectivity index (χ2n) is 8.19. The first-order chi connectivity index (χ1) is 17.7. The molecule has 0 spiro atoms. The van der Waals surface area contributed by atoms with Crippen molar-refractivity contribution >= 4 is 34.2 Å². The number of anilines is 1. The van der Waals surface area contributed by atoms with Crippen LogP contribution < -0.4 is 4.90 Å². The fraction of sp³-hybridized carbons (Fsp3) is 0.120. The zero-order chi connectivity index (χ0) is 26.2. The molecule has 0 saturated carbocycles. The van der Waals surface area contributed by atoms with Crippen molar-refractivity contribution in [3.05, 3.63) is 95.2 Å². The van der Waals surface area contributed by atoms with Gasteiger partial charge in [-0.3, -0.25) is 4.79 Å². The van der Waals surface area contributed by atoms with Crippen LogP contribution in [0.1, 0.15) is 11.1 Å². The fourth-order valence-corrected chi connectivity index (χ4v) is 4.26. The first-order valence-corrected chi connectivity index (χ1v) is 11.3. The summed E-state index contributed by atoms with van der Waals surface area (Å²) in [6.07, 6.45) is -2.06. The maximum absolute atomic E-state index is 14.3. The van der Waals surface area contributed by atoms with E-state index in [0.717, 1.165) is 23.1 Å². The van der Waals surface area contributed by atoms with Crippen LogP contribution in [-0.4, -0.2) is 30.9 Å². The standard InChI is InChI=1S/C25H17ClF4N6O/c26-17-7-15(8-18(27)10-17)12-35(24(37)13-36-23-4-2-1-3-20(23)33-34-36)22-6-5-16(21-11-31-14-32-21)9-19(22)25(28,29)30/h1-11,14H,12-13H2,(H,31,32). The van der Waals surface area contributed by atoms with Gasteiger partial charge >= 0.3 is 6.18 Å². The Morgan fingerprint density at radius 2 is 1.89 bits per heavy atom. The molecule has 0 radical (unpaired) electrons. The van der Waals surface area contributed by atoms with E-state index in [1.54, 1.807) is 24.3 Å². The van der Waals surface area contributed by atoms with Crippen molar-refractivity contribution in [2.45, 2.75) is 19.3 Å². The van der Waals surface area contributed by atoms with Gasteiger partial charge in [-0.05, 0) is 48.0 Å². The number of alkyl halides is 3. The molecule has 0 bridgehead atoms. The number of benzene rings is 3. The van der Waals surface area contributed by atoms with Crippen LogP contribution in [0.4, 0.5) is 23.2 Å². The lowest BCUT2D eigenvalue weighted by atomic mass is 10.0. The minimum absolute atomic E-state index is 0.0512. The largest absolute Gasteiger partial charge is 0.418 e. The third-order valence-corrected chi connectivity index (χ3v) is 5.89. The van der Waals surface area contributed by atoms with E-state index in [1.807, 2.05) is 0 Å². The summed E-state index contributed by atoms with van der Waals surface area (Å²) in [5, 5.41) is 8.02. The first kappa shape index (κ1) is 24.4. The molecule has 0 saturated heterocycles. The van der Waals surface area contributed by atoms with Crippen molar-refractivity contribution in [3.63, 3.8) is 0 Å². The fourth-order valence-electron chi connectivity index (χ4n) is 4.02. The number of aromatic nitrogens is 5. The predicted octanol–water partition coefficient (Wildman–Crippen LogP) is 5.87. The van der Waals surface area contributed by atoms with Crippen LogP contribution in [0.3, 0.4) is 0 Å². The molecular formula is C25H17ClF4N6O. The Hall–Kier alpha value is -4.25. The molecule has 0 aliphatic heterocycles. The van der Waals surface area contributed by atoms with E-state index in [0.29, 0.717) is 16.7 Å². The smallest absolute Gasteiger partial charge is 0.345 e. The molecule has 37 heavy (non-hydrogen) atoms. The first-order valence-electron chi connectivity index (χ1n) is 10.9. The Balaban J connectivity index is 1.60. The van der Waals surface area contributed by atoms with Gasteiger partial charge in [0.2, 0.25) is 5.91 Å². The van der Waals surface area contributed by atoms with E-state index in [4.69, 9.17) is 11.6 Å². The predicted molar refractivity (Wildman–Crippen MR) is 129 cm³/mol. The molecule has 3 aromatic carbocycles. The Morgan fingerprint density at radius 3 is 2.62 bits per heavy atom. The molecule has 2 heterocycles. The Morgan fingerprint density at radius 1 is 1.08 bits per heavy atom. The van der Waals surface area contributed by atoms with Crippen molar-refractivity contribution in [3.8, 4) is 11.3 Å². The minimum Gasteiger partial charge on any atom is -0.345 e. The number of nitrogens with zero attached hydrogens (tertiary/aromatic N) is 5. The van der Waals surface area contributed by atoms with Crippen molar-refractivity contribution < 1.29 is 22.4 Å². The molecule has 1 N–H and O–H groups in total. The van der Waals surface area contributed by atoms with E-state index in [-0.39, 0.29) is 22.7 Å². The molecule has 5 aromatic rings. The number of H-pyrrole nitrogens is 1. The number of carbonyl (C=O) groups excluding carboxylic acids is 1. The monoisotopic (exact) mass is 528 g/mol. The van der Waals surface area contributed by atoms with E-state index in [2.05, 4.69) is 20.3 Å². The van der Waals surface area contributed by atoms with Crippen LogP contribution in [0.15, 0.2) is 73.2 Å². The lowest BCUT2D eigenvalue weighted by Gasteiger charge is -2.27. The number of hydrogen-bond donors (Lipinski definition) is 1. The minimum atomic E-state index is -4.80. The van der Waals surface area contributed by atoms with E-state index >= 15 is 0 Å². The van der Waals surface area contributed by atoms with Gasteiger partial charge in [0.1, 0.15) is 17.9 Å². The summed E-state index contributed by atoms with van der Waals surface area (Å²) in [5.41, 5.74) is 0.448. The summed E-state index contributed by atoms with van der Waals surface area (Å²) in [6, 6.07) is 14.0. The number of halogens is 5. The van der Waals surface area contributed by atoms with Gasteiger partial charge in [-0.1, -0.05) is 35.0 Å². The van der Waals surface area contributed by atoms with Crippen LogP contribution in [0, 0.1) is 5.82 Å². The second-order valence-corrected chi connectivity index (χ2v) is 8.62. The van der Waals surface area contributed by atoms with Crippen LogP contribution in [0.2, 0.25) is 5.02 Å². The van der Waals surface area contributed by atoms with Crippen molar-refractivity contribution in [2.75, 3.05) is 4.90 Å². The highest BCUT2D eigenvalue weighted by Gasteiger charge is 2.37. The number of nitrogens with one attached hydrogen (secondary N) is 1. The number of imidazole rings is 1. The van der Waals surface area contributed by atoms with Crippen molar-refractivity contribution in [2.24, 2.45) is 0 Å². The van der Waals surface area contributed by atoms with Gasteiger partial charge in [-0.15, -0.1) is 5.10 Å². The highest BCUT2D eigenvalue weighted by molar-refractivity contribution is 6.30. The maximum atomic E-state index is 14.3. The molecule has 0 aliphatic carbocycles. The summed E-state index contributed by atoms with van der Waals surface area (Å²) in [4.78, 5) is 21.1. The molecule has 1 amide bonds. The van der Waals surface area contributed by atoms with Crippen molar-refractivity contribution in [1.82, 2.24) is 25.0 Å². The van der Waals surface area contributed by atoms with Gasteiger partial charge in [-0.2, -0.15) is 13.2 Å². The van der Waals surface area contributed by atoms with Gasteiger partial charge in [0.05, 0.1) is 41.5 Å². The molecule has 2 aromatic heterocycles. The Bertz CT molecular complexity index is 1560. The zero-order valence-electron chi connectivity index (χ0n) is 18.9. The molecule has 0 unspecified atom stereocenters. The second kappa shape index (κ2) is 9.66. The third-order valence-electron chi connectivity index (χ3n) is 5.67. The number of carbonyl (C=O) groups is 1. The Labute approximate surface area is 212 Å².